The summed E-state index contributed by atoms with van der Waals surface area (Å²) in [6, 6.07) is -1.59. The van der Waals surface area contributed by atoms with E-state index in [0.717, 1.165) is 32.1 Å². The number of hydrogen-bond donors (Lipinski definition) is 3. The summed E-state index contributed by atoms with van der Waals surface area (Å²) in [5, 5.41) is 17.3. The van der Waals surface area contributed by atoms with Crippen LogP contribution in [0.25, 0.3) is 0 Å². The van der Waals surface area contributed by atoms with Crippen LogP contribution in [0.5, 0.6) is 0 Å². The maximum Gasteiger partial charge on any atom is 0.471 e. The fourth-order valence-electron chi connectivity index (χ4n) is 7.94. The Kier molecular flexibility index (Phi) is 6.24. The lowest BCUT2D eigenvalue weighted by atomic mass is 9.52. The number of amides is 4. The Labute approximate surface area is 236 Å². The zero-order valence-electron chi connectivity index (χ0n) is 23.3. The highest BCUT2D eigenvalue weighted by atomic mass is 19.4. The van der Waals surface area contributed by atoms with Gasteiger partial charge in [0, 0.05) is 18.0 Å². The number of hydrogen-bond acceptors (Lipinski definition) is 6. The molecular formula is C28H36F3N5O5. The van der Waals surface area contributed by atoms with E-state index in [4.69, 9.17) is 4.74 Å². The van der Waals surface area contributed by atoms with Crippen molar-refractivity contribution in [3.63, 3.8) is 0 Å². The Hall–Kier alpha value is -2.88. The first-order chi connectivity index (χ1) is 19.1. The Morgan fingerprint density at radius 3 is 2.34 bits per heavy atom. The Balaban J connectivity index is 1.18. The van der Waals surface area contributed by atoms with Gasteiger partial charge in [0.05, 0.1) is 17.8 Å². The summed E-state index contributed by atoms with van der Waals surface area (Å²) in [4.78, 5) is 53.2. The van der Waals surface area contributed by atoms with Crippen LogP contribution >= 0.6 is 0 Å². The second-order valence-corrected chi connectivity index (χ2v) is 13.9. The van der Waals surface area contributed by atoms with Gasteiger partial charge in [0.25, 0.3) is 0 Å². The predicted molar refractivity (Wildman–Crippen MR) is 135 cm³/mol. The van der Waals surface area contributed by atoms with E-state index in [0.29, 0.717) is 12.3 Å². The zero-order valence-corrected chi connectivity index (χ0v) is 23.3. The number of piperidine rings is 1. The monoisotopic (exact) mass is 579 g/mol. The Morgan fingerprint density at radius 2 is 1.83 bits per heavy atom. The average molecular weight is 580 g/mol. The fourth-order valence-corrected chi connectivity index (χ4v) is 7.94. The van der Waals surface area contributed by atoms with Crippen LogP contribution in [-0.2, 0) is 23.9 Å². The third-order valence-electron chi connectivity index (χ3n) is 10.7. The van der Waals surface area contributed by atoms with Crippen LogP contribution in [0, 0.1) is 40.4 Å². The van der Waals surface area contributed by atoms with Crippen LogP contribution in [0.1, 0.15) is 65.7 Å². The lowest BCUT2D eigenvalue weighted by Crippen LogP contribution is -2.65. The maximum absolute atomic E-state index is 13.9. The van der Waals surface area contributed by atoms with Gasteiger partial charge < -0.3 is 25.6 Å². The van der Waals surface area contributed by atoms with Gasteiger partial charge in [-0.1, -0.05) is 13.8 Å². The number of halogens is 3. The van der Waals surface area contributed by atoms with Gasteiger partial charge in [-0.25, -0.2) is 0 Å². The molecule has 0 aromatic rings. The van der Waals surface area contributed by atoms with E-state index in [1.807, 2.05) is 19.2 Å². The fraction of sp³-hybridized carbons (Fsp3) is 0.821. The molecule has 5 aliphatic carbocycles. The highest BCUT2D eigenvalue weighted by Crippen LogP contribution is 2.65. The molecule has 7 rings (SSSR count). The summed E-state index contributed by atoms with van der Waals surface area (Å²) in [5.41, 5.74) is -0.938. The first-order valence-electron chi connectivity index (χ1n) is 14.5. The number of fused-ring (bicyclic) bond motifs is 1. The van der Waals surface area contributed by atoms with Crippen molar-refractivity contribution < 1.29 is 37.1 Å². The van der Waals surface area contributed by atoms with Crippen molar-refractivity contribution in [1.82, 2.24) is 20.9 Å². The molecule has 10 nitrogen and oxygen atoms in total. The van der Waals surface area contributed by atoms with Crippen LogP contribution in [-0.4, -0.2) is 76.6 Å². The molecule has 0 unspecified atom stereocenters. The minimum atomic E-state index is -5.20. The minimum Gasteiger partial charge on any atom is -0.369 e. The van der Waals surface area contributed by atoms with Crippen molar-refractivity contribution in [2.45, 2.75) is 107 Å². The van der Waals surface area contributed by atoms with E-state index < -0.39 is 59.6 Å². The van der Waals surface area contributed by atoms with E-state index in [1.54, 1.807) is 0 Å². The van der Waals surface area contributed by atoms with Gasteiger partial charge in [-0.05, 0) is 75.0 Å². The van der Waals surface area contributed by atoms with Crippen LogP contribution < -0.4 is 16.0 Å². The number of carbonyl (C=O) groups is 4. The molecule has 13 heteroatoms. The average Bonchev–Trinajstić information content (AvgIpc) is 3.56. The second-order valence-electron chi connectivity index (χ2n) is 13.9. The summed E-state index contributed by atoms with van der Waals surface area (Å²) in [5.74, 6) is -4.00. The van der Waals surface area contributed by atoms with E-state index in [-0.39, 0.29) is 41.7 Å². The van der Waals surface area contributed by atoms with Crippen molar-refractivity contribution in [1.29, 1.82) is 5.26 Å². The minimum absolute atomic E-state index is 0.0640. The molecule has 2 saturated heterocycles. The number of ether oxygens (including phenoxy) is 1. The quantitative estimate of drug-likeness (QED) is 0.379. The number of rotatable bonds is 9. The molecule has 7 fully saturated rings. The van der Waals surface area contributed by atoms with E-state index in [2.05, 4.69) is 16.7 Å². The van der Waals surface area contributed by atoms with Crippen LogP contribution in [0.4, 0.5) is 13.2 Å². The Morgan fingerprint density at radius 1 is 1.17 bits per heavy atom. The van der Waals surface area contributed by atoms with E-state index >= 15 is 0 Å². The highest BCUT2D eigenvalue weighted by Gasteiger charge is 2.70. The molecular weight excluding hydrogens is 543 g/mol. The first-order valence-corrected chi connectivity index (χ1v) is 14.5. The molecule has 2 bridgehead atoms. The van der Waals surface area contributed by atoms with Crippen LogP contribution in [0.2, 0.25) is 0 Å². The second kappa shape index (κ2) is 9.06. The zero-order chi connectivity index (χ0) is 29.7. The van der Waals surface area contributed by atoms with Crippen molar-refractivity contribution in [2.24, 2.45) is 29.1 Å². The third-order valence-corrected chi connectivity index (χ3v) is 10.7. The molecule has 7 atom stereocenters. The lowest BCUT2D eigenvalue weighted by Gasteiger charge is -2.62. The summed E-state index contributed by atoms with van der Waals surface area (Å²) in [6.07, 6.45) is -1.41. The first kappa shape index (κ1) is 28.2. The Bertz CT molecular complexity index is 1210. The third kappa shape index (κ3) is 4.76. The normalized spacial score (nSPS) is 37.0. The summed E-state index contributed by atoms with van der Waals surface area (Å²) >= 11 is 0. The van der Waals surface area contributed by atoms with Gasteiger partial charge in [0.1, 0.15) is 18.1 Å². The van der Waals surface area contributed by atoms with Gasteiger partial charge in [-0.2, -0.15) is 18.4 Å². The molecule has 2 aliphatic heterocycles. The van der Waals surface area contributed by atoms with Gasteiger partial charge in [-0.3, -0.25) is 19.2 Å². The molecule has 3 N–H and O–H groups in total. The number of likely N-dealkylation sites (tertiary alicyclic amines) is 1. The predicted octanol–water partition coefficient (Wildman–Crippen LogP) is 1.54. The van der Waals surface area contributed by atoms with Gasteiger partial charge >= 0.3 is 12.1 Å². The smallest absolute Gasteiger partial charge is 0.369 e. The van der Waals surface area contributed by atoms with E-state index in [1.165, 1.54) is 11.8 Å². The molecule has 7 aliphatic rings. The SMILES string of the molecule is C[C@@H](OC12CC(C1)C2)[C@H](NC(=O)C(F)(F)F)C(=O)N1C[C@H]2[C@@H]([C@H]1C(=O)N[C@H](C#N)C[C@@H]1CC3(CC3)NC1=O)C2(C)C. The molecule has 224 valence electrons. The standard InChI is InChI=1S/C28H36F3N5O5/c1-13(41-27-7-14(8-27)9-27)19(34-24(40)28(29,30)31)23(39)36-12-17-18(25(17,2)3)20(36)22(38)33-16(11-32)6-15-10-26(4-5-26)35-21(15)37/h13-20H,4-10,12H2,1-3H3,(H,33,38)(H,34,40)(H,35,37)/t13-,14?,15-,16+,17+,18+,19+,20+,27?/m1/s1. The highest BCUT2D eigenvalue weighted by molar-refractivity contribution is 5.95. The number of nitrogens with one attached hydrogen (secondary N) is 3. The summed E-state index contributed by atoms with van der Waals surface area (Å²) < 4.78 is 45.8. The molecule has 0 aromatic heterocycles. The molecule has 5 saturated carbocycles. The van der Waals surface area contributed by atoms with Crippen LogP contribution in [0.3, 0.4) is 0 Å². The maximum atomic E-state index is 13.9. The molecule has 0 radical (unpaired) electrons. The van der Waals surface area contributed by atoms with Crippen molar-refractivity contribution >= 4 is 23.6 Å². The molecule has 1 spiro atoms. The van der Waals surface area contributed by atoms with Crippen LogP contribution in [0.15, 0.2) is 0 Å². The molecule has 4 amide bonds. The molecule has 41 heavy (non-hydrogen) atoms. The van der Waals surface area contributed by atoms with Gasteiger partial charge in [0.2, 0.25) is 17.7 Å². The topological polar surface area (TPSA) is 141 Å². The largest absolute Gasteiger partial charge is 0.471 e. The van der Waals surface area contributed by atoms with Gasteiger partial charge in [-0.15, -0.1) is 0 Å². The van der Waals surface area contributed by atoms with Crippen molar-refractivity contribution in [3.8, 4) is 6.07 Å². The molecule has 0 aromatic carbocycles. The number of carbonyl (C=O) groups excluding carboxylic acids is 4. The lowest BCUT2D eigenvalue weighted by molar-refractivity contribution is -0.250. The number of alkyl halides is 3. The number of nitrogens with zero attached hydrogens (tertiary/aromatic N) is 2. The summed E-state index contributed by atoms with van der Waals surface area (Å²) in [6.45, 7) is 5.53. The molecule has 2 heterocycles. The van der Waals surface area contributed by atoms with Crippen molar-refractivity contribution in [2.75, 3.05) is 6.54 Å². The van der Waals surface area contributed by atoms with Crippen molar-refractivity contribution in [3.05, 3.63) is 0 Å². The van der Waals surface area contributed by atoms with Gasteiger partial charge in [0.15, 0.2) is 0 Å². The van der Waals surface area contributed by atoms with E-state index in [9.17, 15) is 37.6 Å². The number of nitriles is 1. The summed E-state index contributed by atoms with van der Waals surface area (Å²) in [7, 11) is 0.